The fraction of sp³-hybridized carbons (Fsp3) is 0.680. The predicted octanol–water partition coefficient (Wildman–Crippen LogP) is 3.55. The van der Waals surface area contributed by atoms with E-state index in [1.807, 2.05) is 36.2 Å². The summed E-state index contributed by atoms with van der Waals surface area (Å²) < 4.78 is 5.20. The van der Waals surface area contributed by atoms with Gasteiger partial charge in [-0.25, -0.2) is 0 Å². The number of piperidine rings is 1. The van der Waals surface area contributed by atoms with Gasteiger partial charge in [0, 0.05) is 50.9 Å². The Morgan fingerprint density at radius 3 is 2.29 bits per heavy atom. The number of carbonyl (C=O) groups is 2. The molecule has 1 unspecified atom stereocenters. The number of methoxy groups -OCH3 is 1. The Hall–Kier alpha value is -2.08. The molecule has 0 aromatic heterocycles. The number of hydrogen-bond donors (Lipinski definition) is 0. The lowest BCUT2D eigenvalue weighted by Crippen LogP contribution is -2.50. The quantitative estimate of drug-likeness (QED) is 0.721. The van der Waals surface area contributed by atoms with Gasteiger partial charge in [-0.2, -0.15) is 0 Å². The molecule has 1 atom stereocenters. The number of hydrogen-bond acceptors (Lipinski definition) is 4. The third-order valence-corrected chi connectivity index (χ3v) is 7.75. The number of rotatable bonds is 5. The first-order chi connectivity index (χ1) is 15.0. The Balaban J connectivity index is 1.30. The highest BCUT2D eigenvalue weighted by atomic mass is 16.5. The Morgan fingerprint density at radius 1 is 1.03 bits per heavy atom. The maximum Gasteiger partial charge on any atom is 0.228 e. The number of likely N-dealkylation sites (tertiary alicyclic amines) is 1. The van der Waals surface area contributed by atoms with Crippen LogP contribution < -0.4 is 9.64 Å². The van der Waals surface area contributed by atoms with Gasteiger partial charge in [-0.15, -0.1) is 0 Å². The van der Waals surface area contributed by atoms with Gasteiger partial charge in [0.05, 0.1) is 13.0 Å². The zero-order chi connectivity index (χ0) is 22.0. The minimum atomic E-state index is -0.252. The lowest BCUT2D eigenvalue weighted by Gasteiger charge is -2.42. The van der Waals surface area contributed by atoms with E-state index in [4.69, 9.17) is 4.74 Å². The molecule has 3 aliphatic rings. The maximum atomic E-state index is 13.2. The molecular formula is C25H37N3O3. The van der Waals surface area contributed by atoms with Crippen molar-refractivity contribution in [1.29, 1.82) is 0 Å². The third-order valence-electron chi connectivity index (χ3n) is 7.75. The van der Waals surface area contributed by atoms with Crippen molar-refractivity contribution in [2.45, 2.75) is 64.0 Å². The molecule has 1 saturated carbocycles. The number of ether oxygens (including phenoxy) is 1. The second-order valence-corrected chi connectivity index (χ2v) is 9.73. The van der Waals surface area contributed by atoms with E-state index in [1.165, 1.54) is 25.7 Å². The summed E-state index contributed by atoms with van der Waals surface area (Å²) in [7, 11) is 3.56. The van der Waals surface area contributed by atoms with E-state index in [-0.39, 0.29) is 23.8 Å². The predicted molar refractivity (Wildman–Crippen MR) is 122 cm³/mol. The first kappa shape index (κ1) is 22.1. The molecule has 2 heterocycles. The van der Waals surface area contributed by atoms with E-state index in [0.29, 0.717) is 13.0 Å². The van der Waals surface area contributed by atoms with Crippen LogP contribution in [-0.4, -0.2) is 67.5 Å². The monoisotopic (exact) mass is 427 g/mol. The Bertz CT molecular complexity index is 765. The summed E-state index contributed by atoms with van der Waals surface area (Å²) in [6, 6.07) is 8.50. The molecule has 2 amide bonds. The van der Waals surface area contributed by atoms with Crippen LogP contribution in [0.25, 0.3) is 0 Å². The van der Waals surface area contributed by atoms with Gasteiger partial charge in [0.2, 0.25) is 11.8 Å². The number of carbonyl (C=O) groups excluding carboxylic acids is 2. The minimum Gasteiger partial charge on any atom is -0.497 e. The van der Waals surface area contributed by atoms with Gasteiger partial charge in [-0.3, -0.25) is 9.59 Å². The standard InChI is InChI=1S/C25H37N3O3/c1-18-4-6-21(7-5-18)27-14-12-20(13-15-27)26(2)25(30)19-16-24(29)28(17-19)22-8-10-23(31-3)11-9-22/h8-11,18-21H,4-7,12-17H2,1-3H3. The molecule has 2 aliphatic heterocycles. The fourth-order valence-corrected chi connectivity index (χ4v) is 5.60. The van der Waals surface area contributed by atoms with Crippen LogP contribution in [0.1, 0.15) is 51.9 Å². The van der Waals surface area contributed by atoms with E-state index in [9.17, 15) is 9.59 Å². The van der Waals surface area contributed by atoms with Gasteiger partial charge < -0.3 is 19.4 Å². The number of anilines is 1. The second-order valence-electron chi connectivity index (χ2n) is 9.73. The van der Waals surface area contributed by atoms with Crippen LogP contribution in [-0.2, 0) is 9.59 Å². The molecule has 0 radical (unpaired) electrons. The van der Waals surface area contributed by atoms with Crippen LogP contribution in [0.2, 0.25) is 0 Å². The Morgan fingerprint density at radius 2 is 1.68 bits per heavy atom. The molecule has 3 fully saturated rings. The van der Waals surface area contributed by atoms with Gasteiger partial charge in [0.25, 0.3) is 0 Å². The Labute approximate surface area is 186 Å². The second kappa shape index (κ2) is 9.60. The number of amides is 2. The highest BCUT2D eigenvalue weighted by Crippen LogP contribution is 2.31. The average molecular weight is 428 g/mol. The summed E-state index contributed by atoms with van der Waals surface area (Å²) in [5.41, 5.74) is 0.832. The molecule has 0 spiro atoms. The smallest absolute Gasteiger partial charge is 0.228 e. The van der Waals surface area contributed by atoms with Crippen molar-refractivity contribution < 1.29 is 14.3 Å². The van der Waals surface area contributed by atoms with Crippen molar-refractivity contribution in [2.24, 2.45) is 11.8 Å². The van der Waals surface area contributed by atoms with Gasteiger partial charge in [0.1, 0.15) is 5.75 Å². The van der Waals surface area contributed by atoms with E-state index in [0.717, 1.165) is 49.3 Å². The molecular weight excluding hydrogens is 390 g/mol. The molecule has 2 saturated heterocycles. The van der Waals surface area contributed by atoms with Crippen molar-refractivity contribution in [2.75, 3.05) is 38.7 Å². The summed E-state index contributed by atoms with van der Waals surface area (Å²) in [6.07, 6.45) is 7.73. The summed E-state index contributed by atoms with van der Waals surface area (Å²) >= 11 is 0. The topological polar surface area (TPSA) is 53.1 Å². The lowest BCUT2D eigenvalue weighted by molar-refractivity contribution is -0.137. The van der Waals surface area contributed by atoms with E-state index in [2.05, 4.69) is 11.8 Å². The highest BCUT2D eigenvalue weighted by molar-refractivity contribution is 6.00. The molecule has 1 aromatic carbocycles. The average Bonchev–Trinajstić information content (AvgIpc) is 3.20. The normalized spacial score (nSPS) is 28.0. The minimum absolute atomic E-state index is 0.0262. The first-order valence-corrected chi connectivity index (χ1v) is 11.9. The lowest BCUT2D eigenvalue weighted by atomic mass is 9.85. The van der Waals surface area contributed by atoms with Crippen LogP contribution in [0.4, 0.5) is 5.69 Å². The van der Waals surface area contributed by atoms with Crippen molar-refractivity contribution in [1.82, 2.24) is 9.80 Å². The van der Waals surface area contributed by atoms with Gasteiger partial charge in [0.15, 0.2) is 0 Å². The van der Waals surface area contributed by atoms with Gasteiger partial charge >= 0.3 is 0 Å². The molecule has 0 N–H and O–H groups in total. The largest absolute Gasteiger partial charge is 0.497 e. The summed E-state index contributed by atoms with van der Waals surface area (Å²) in [5.74, 6) is 1.53. The third kappa shape index (κ3) is 4.89. The van der Waals surface area contributed by atoms with Crippen LogP contribution in [0.3, 0.4) is 0 Å². The summed E-state index contributed by atoms with van der Waals surface area (Å²) in [6.45, 7) is 5.01. The maximum absolute atomic E-state index is 13.2. The van der Waals surface area contributed by atoms with E-state index in [1.54, 1.807) is 12.0 Å². The molecule has 170 valence electrons. The fourth-order valence-electron chi connectivity index (χ4n) is 5.60. The molecule has 0 bridgehead atoms. The highest BCUT2D eigenvalue weighted by Gasteiger charge is 2.39. The molecule has 6 nitrogen and oxygen atoms in total. The van der Waals surface area contributed by atoms with Crippen LogP contribution in [0.5, 0.6) is 5.75 Å². The van der Waals surface area contributed by atoms with Crippen molar-refractivity contribution in [3.63, 3.8) is 0 Å². The number of nitrogens with zero attached hydrogens (tertiary/aromatic N) is 3. The van der Waals surface area contributed by atoms with Crippen molar-refractivity contribution in [3.05, 3.63) is 24.3 Å². The zero-order valence-corrected chi connectivity index (χ0v) is 19.3. The summed E-state index contributed by atoms with van der Waals surface area (Å²) in [5, 5.41) is 0. The SMILES string of the molecule is COc1ccc(N2CC(C(=O)N(C)C3CCN(C4CCC(C)CC4)CC3)CC2=O)cc1. The van der Waals surface area contributed by atoms with Crippen LogP contribution >= 0.6 is 0 Å². The zero-order valence-electron chi connectivity index (χ0n) is 19.3. The first-order valence-electron chi connectivity index (χ1n) is 11.9. The van der Waals surface area contributed by atoms with E-state index < -0.39 is 0 Å². The molecule has 1 aliphatic carbocycles. The van der Waals surface area contributed by atoms with Gasteiger partial charge in [-0.1, -0.05) is 6.92 Å². The Kier molecular flexibility index (Phi) is 6.85. The van der Waals surface area contributed by atoms with Crippen LogP contribution in [0, 0.1) is 11.8 Å². The summed E-state index contributed by atoms with van der Waals surface area (Å²) in [4.78, 5) is 32.1. The van der Waals surface area contributed by atoms with Crippen molar-refractivity contribution >= 4 is 17.5 Å². The van der Waals surface area contributed by atoms with Gasteiger partial charge in [-0.05, 0) is 68.7 Å². The van der Waals surface area contributed by atoms with Crippen LogP contribution in [0.15, 0.2) is 24.3 Å². The number of benzene rings is 1. The molecule has 6 heteroatoms. The molecule has 4 rings (SSSR count). The molecule has 31 heavy (non-hydrogen) atoms. The van der Waals surface area contributed by atoms with E-state index >= 15 is 0 Å². The molecule has 1 aromatic rings. The van der Waals surface area contributed by atoms with Crippen molar-refractivity contribution in [3.8, 4) is 5.75 Å².